The van der Waals surface area contributed by atoms with Gasteiger partial charge in [-0.3, -0.25) is 14.9 Å². The van der Waals surface area contributed by atoms with Crippen LogP contribution in [0.2, 0.25) is 0 Å². The van der Waals surface area contributed by atoms with E-state index < -0.39 is 36.5 Å². The van der Waals surface area contributed by atoms with E-state index in [1.54, 1.807) is 24.3 Å². The first-order valence-corrected chi connectivity index (χ1v) is 10.5. The minimum absolute atomic E-state index is 0.103. The quantitative estimate of drug-likeness (QED) is 0.481. The highest BCUT2D eigenvalue weighted by Gasteiger charge is 2.26. The number of methoxy groups -OCH3 is 1. The Morgan fingerprint density at radius 1 is 1.21 bits per heavy atom. The number of imide groups is 1. The van der Waals surface area contributed by atoms with E-state index in [1.165, 1.54) is 18.9 Å². The van der Waals surface area contributed by atoms with Crippen molar-refractivity contribution < 1.29 is 28.7 Å². The van der Waals surface area contributed by atoms with E-state index in [4.69, 9.17) is 9.47 Å². The molecule has 4 amide bonds. The molecule has 0 spiro atoms. The van der Waals surface area contributed by atoms with Crippen molar-refractivity contribution in [3.8, 4) is 5.75 Å². The van der Waals surface area contributed by atoms with Gasteiger partial charge in [-0.2, -0.15) is 11.8 Å². The number of para-hydroxylation sites is 1. The first-order valence-electron chi connectivity index (χ1n) is 9.14. The molecule has 1 aromatic rings. The molecule has 1 fully saturated rings. The molecular formula is C19H25N3O6S. The van der Waals surface area contributed by atoms with Crippen LogP contribution in [0.4, 0.5) is 4.79 Å². The number of esters is 1. The molecule has 10 heteroatoms. The molecule has 0 aromatic heterocycles. The topological polar surface area (TPSA) is 123 Å². The summed E-state index contributed by atoms with van der Waals surface area (Å²) in [4.78, 5) is 48.2. The van der Waals surface area contributed by atoms with Crippen molar-refractivity contribution in [1.82, 2.24) is 16.0 Å². The summed E-state index contributed by atoms with van der Waals surface area (Å²) in [5.41, 5.74) is 0.284. The molecule has 0 unspecified atom stereocenters. The number of thioether (sulfide) groups is 1. The van der Waals surface area contributed by atoms with Gasteiger partial charge in [-0.1, -0.05) is 12.1 Å². The fourth-order valence-corrected chi connectivity index (χ4v) is 2.87. The zero-order chi connectivity index (χ0) is 21.2. The molecule has 158 valence electrons. The molecule has 0 saturated heterocycles. The fraction of sp³-hybridized carbons (Fsp3) is 0.474. The molecule has 3 N–H and O–H groups in total. The Labute approximate surface area is 173 Å². The zero-order valence-electron chi connectivity index (χ0n) is 16.4. The summed E-state index contributed by atoms with van der Waals surface area (Å²) in [6.45, 7) is -0.614. The third-order valence-electron chi connectivity index (χ3n) is 4.06. The lowest BCUT2D eigenvalue weighted by Gasteiger charge is -2.18. The number of nitrogens with one attached hydrogen (secondary N) is 3. The van der Waals surface area contributed by atoms with Gasteiger partial charge in [-0.05, 0) is 43.4 Å². The highest BCUT2D eigenvalue weighted by molar-refractivity contribution is 7.98. The lowest BCUT2D eigenvalue weighted by atomic mass is 10.1. The summed E-state index contributed by atoms with van der Waals surface area (Å²) < 4.78 is 10.2. The van der Waals surface area contributed by atoms with Crippen molar-refractivity contribution in [2.24, 2.45) is 0 Å². The standard InChI is InChI=1S/C19H25N3O6S/c1-27-15-6-4-3-5-13(15)17(24)21-14(9-10-29-2)18(25)28-11-16(23)22-19(26)20-12-7-8-12/h3-6,12,14H,7-11H2,1-2H3,(H,21,24)(H2,20,22,23,26)/t14-/m1/s1. The second-order valence-electron chi connectivity index (χ2n) is 6.41. The van der Waals surface area contributed by atoms with E-state index in [-0.39, 0.29) is 11.6 Å². The number of ether oxygens (including phenoxy) is 2. The van der Waals surface area contributed by atoms with Gasteiger partial charge in [0.15, 0.2) is 6.61 Å². The van der Waals surface area contributed by atoms with Crippen molar-refractivity contribution in [3.05, 3.63) is 29.8 Å². The molecule has 1 aromatic carbocycles. The average Bonchev–Trinajstić information content (AvgIpc) is 3.52. The second-order valence-corrected chi connectivity index (χ2v) is 7.40. The predicted molar refractivity (Wildman–Crippen MR) is 108 cm³/mol. The Morgan fingerprint density at radius 2 is 1.93 bits per heavy atom. The van der Waals surface area contributed by atoms with Crippen LogP contribution in [0.3, 0.4) is 0 Å². The Balaban J connectivity index is 1.89. The van der Waals surface area contributed by atoms with Crippen LogP contribution in [-0.4, -0.2) is 61.6 Å². The number of rotatable bonds is 10. The minimum atomic E-state index is -0.937. The number of urea groups is 1. The third-order valence-corrected chi connectivity index (χ3v) is 4.71. The SMILES string of the molecule is COc1ccccc1C(=O)N[C@H](CCSC)C(=O)OCC(=O)NC(=O)NC1CC1. The smallest absolute Gasteiger partial charge is 0.329 e. The summed E-state index contributed by atoms with van der Waals surface area (Å²) in [5, 5.41) is 7.32. The van der Waals surface area contributed by atoms with Gasteiger partial charge in [-0.25, -0.2) is 9.59 Å². The molecule has 1 aliphatic carbocycles. The summed E-state index contributed by atoms with van der Waals surface area (Å²) in [6, 6.07) is 5.19. The van der Waals surface area contributed by atoms with Crippen LogP contribution in [0.5, 0.6) is 5.75 Å². The largest absolute Gasteiger partial charge is 0.496 e. The summed E-state index contributed by atoms with van der Waals surface area (Å²) in [6.07, 6.45) is 3.97. The average molecular weight is 423 g/mol. The Morgan fingerprint density at radius 3 is 2.59 bits per heavy atom. The second kappa shape index (κ2) is 11.3. The minimum Gasteiger partial charge on any atom is -0.496 e. The molecule has 1 saturated carbocycles. The van der Waals surface area contributed by atoms with E-state index in [0.717, 1.165) is 12.8 Å². The van der Waals surface area contributed by atoms with Gasteiger partial charge in [0, 0.05) is 6.04 Å². The number of hydrogen-bond acceptors (Lipinski definition) is 7. The van der Waals surface area contributed by atoms with Gasteiger partial charge < -0.3 is 20.1 Å². The summed E-state index contributed by atoms with van der Waals surface area (Å²) in [5.74, 6) is -1.000. The Kier molecular flexibility index (Phi) is 8.78. The molecule has 9 nitrogen and oxygen atoms in total. The number of carbonyl (C=O) groups is 4. The van der Waals surface area contributed by atoms with Crippen LogP contribution in [0.1, 0.15) is 29.6 Å². The molecule has 0 bridgehead atoms. The van der Waals surface area contributed by atoms with E-state index in [1.807, 2.05) is 6.26 Å². The maximum atomic E-state index is 12.6. The number of hydrogen-bond donors (Lipinski definition) is 3. The monoisotopic (exact) mass is 423 g/mol. The lowest BCUT2D eigenvalue weighted by molar-refractivity contribution is -0.150. The fourth-order valence-electron chi connectivity index (χ4n) is 2.40. The first-order chi connectivity index (χ1) is 13.9. The molecule has 0 aliphatic heterocycles. The molecule has 1 aliphatic rings. The van der Waals surface area contributed by atoms with Gasteiger partial charge in [0.25, 0.3) is 11.8 Å². The number of benzene rings is 1. The summed E-state index contributed by atoms with van der Waals surface area (Å²) >= 11 is 1.51. The van der Waals surface area contributed by atoms with E-state index >= 15 is 0 Å². The highest BCUT2D eigenvalue weighted by Crippen LogP contribution is 2.18. The van der Waals surface area contributed by atoms with Crippen LogP contribution in [0.15, 0.2) is 24.3 Å². The van der Waals surface area contributed by atoms with Gasteiger partial charge in [0.2, 0.25) is 0 Å². The highest BCUT2D eigenvalue weighted by atomic mass is 32.2. The van der Waals surface area contributed by atoms with Crippen molar-refractivity contribution in [1.29, 1.82) is 0 Å². The Bertz CT molecular complexity index is 753. The van der Waals surface area contributed by atoms with Crippen molar-refractivity contribution >= 4 is 35.6 Å². The van der Waals surface area contributed by atoms with Gasteiger partial charge in [-0.15, -0.1) is 0 Å². The molecule has 29 heavy (non-hydrogen) atoms. The van der Waals surface area contributed by atoms with E-state index in [2.05, 4.69) is 16.0 Å². The molecule has 1 atom stereocenters. The van der Waals surface area contributed by atoms with Crippen molar-refractivity contribution in [2.45, 2.75) is 31.3 Å². The first kappa shape index (κ1) is 22.5. The molecule has 0 heterocycles. The zero-order valence-corrected chi connectivity index (χ0v) is 17.2. The van der Waals surface area contributed by atoms with Gasteiger partial charge in [0.1, 0.15) is 11.8 Å². The van der Waals surface area contributed by atoms with E-state index in [0.29, 0.717) is 17.9 Å². The third kappa shape index (κ3) is 7.65. The molecule has 2 rings (SSSR count). The van der Waals surface area contributed by atoms with Crippen LogP contribution < -0.4 is 20.7 Å². The van der Waals surface area contributed by atoms with E-state index in [9.17, 15) is 19.2 Å². The predicted octanol–water partition coefficient (Wildman–Crippen LogP) is 1.08. The van der Waals surface area contributed by atoms with Crippen LogP contribution >= 0.6 is 11.8 Å². The normalized spacial score (nSPS) is 13.7. The lowest BCUT2D eigenvalue weighted by Crippen LogP contribution is -2.45. The van der Waals surface area contributed by atoms with Crippen molar-refractivity contribution in [2.75, 3.05) is 25.7 Å². The maximum absolute atomic E-state index is 12.6. The summed E-state index contributed by atoms with van der Waals surface area (Å²) in [7, 11) is 1.45. The number of amides is 4. The maximum Gasteiger partial charge on any atom is 0.329 e. The van der Waals surface area contributed by atoms with Crippen LogP contribution in [-0.2, 0) is 14.3 Å². The Hall–Kier alpha value is -2.75. The van der Waals surface area contributed by atoms with Crippen LogP contribution in [0.25, 0.3) is 0 Å². The van der Waals surface area contributed by atoms with Crippen LogP contribution in [0, 0.1) is 0 Å². The molecule has 0 radical (unpaired) electrons. The van der Waals surface area contributed by atoms with Gasteiger partial charge in [0.05, 0.1) is 12.7 Å². The number of carbonyl (C=O) groups excluding carboxylic acids is 4. The van der Waals surface area contributed by atoms with Gasteiger partial charge >= 0.3 is 12.0 Å². The van der Waals surface area contributed by atoms with Crippen molar-refractivity contribution in [3.63, 3.8) is 0 Å². The molecular weight excluding hydrogens is 398 g/mol.